The minimum absolute atomic E-state index is 0.252. The SMILES string of the molecule is c1ccc2c(c1)CC(CNCC1CCOCO1)O2. The molecule has 2 atom stereocenters. The van der Waals surface area contributed by atoms with Gasteiger partial charge in [0.05, 0.1) is 12.7 Å². The van der Waals surface area contributed by atoms with Crippen molar-refractivity contribution in [2.75, 3.05) is 26.5 Å². The molecule has 1 N–H and O–H groups in total. The topological polar surface area (TPSA) is 39.7 Å². The normalized spacial score (nSPS) is 26.7. The highest BCUT2D eigenvalue weighted by atomic mass is 16.7. The summed E-state index contributed by atoms with van der Waals surface area (Å²) in [7, 11) is 0. The van der Waals surface area contributed by atoms with Crippen LogP contribution in [0, 0.1) is 0 Å². The summed E-state index contributed by atoms with van der Waals surface area (Å²) < 4.78 is 16.5. The fourth-order valence-electron chi connectivity index (χ4n) is 2.44. The molecule has 0 saturated carbocycles. The molecular formula is C14H19NO3. The molecule has 98 valence electrons. The first-order valence-electron chi connectivity index (χ1n) is 6.56. The molecule has 0 aliphatic carbocycles. The molecule has 18 heavy (non-hydrogen) atoms. The van der Waals surface area contributed by atoms with Crippen LogP contribution in [0.2, 0.25) is 0 Å². The molecule has 2 aliphatic rings. The maximum absolute atomic E-state index is 5.87. The smallest absolute Gasteiger partial charge is 0.147 e. The predicted molar refractivity (Wildman–Crippen MR) is 67.7 cm³/mol. The van der Waals surface area contributed by atoms with E-state index in [1.165, 1.54) is 5.56 Å². The van der Waals surface area contributed by atoms with Gasteiger partial charge < -0.3 is 19.5 Å². The molecule has 2 heterocycles. The lowest BCUT2D eigenvalue weighted by Gasteiger charge is -2.23. The highest BCUT2D eigenvalue weighted by Gasteiger charge is 2.22. The highest BCUT2D eigenvalue weighted by molar-refractivity contribution is 5.37. The molecule has 0 bridgehead atoms. The second-order valence-electron chi connectivity index (χ2n) is 4.81. The van der Waals surface area contributed by atoms with Crippen molar-refractivity contribution in [2.24, 2.45) is 0 Å². The fraction of sp³-hybridized carbons (Fsp3) is 0.571. The molecule has 1 aromatic carbocycles. The van der Waals surface area contributed by atoms with Crippen molar-refractivity contribution in [3.63, 3.8) is 0 Å². The number of rotatable bonds is 4. The molecule has 4 nitrogen and oxygen atoms in total. The number of para-hydroxylation sites is 1. The zero-order valence-electron chi connectivity index (χ0n) is 10.4. The molecule has 3 rings (SSSR count). The third-order valence-corrected chi connectivity index (χ3v) is 3.43. The molecule has 0 radical (unpaired) electrons. The number of nitrogens with one attached hydrogen (secondary N) is 1. The third kappa shape index (κ3) is 2.83. The van der Waals surface area contributed by atoms with Crippen LogP contribution >= 0.6 is 0 Å². The van der Waals surface area contributed by atoms with E-state index in [0.717, 1.165) is 38.3 Å². The number of ether oxygens (including phenoxy) is 3. The Morgan fingerprint density at radius 3 is 2.89 bits per heavy atom. The molecule has 0 spiro atoms. The Kier molecular flexibility index (Phi) is 3.78. The van der Waals surface area contributed by atoms with Gasteiger partial charge in [0.1, 0.15) is 18.6 Å². The molecule has 1 saturated heterocycles. The zero-order chi connectivity index (χ0) is 12.2. The van der Waals surface area contributed by atoms with Gasteiger partial charge in [-0.1, -0.05) is 18.2 Å². The van der Waals surface area contributed by atoms with Crippen molar-refractivity contribution in [1.82, 2.24) is 5.32 Å². The van der Waals surface area contributed by atoms with E-state index in [0.29, 0.717) is 6.79 Å². The number of benzene rings is 1. The van der Waals surface area contributed by atoms with Gasteiger partial charge in [-0.05, 0) is 18.1 Å². The first-order chi connectivity index (χ1) is 8.92. The van der Waals surface area contributed by atoms with Crippen LogP contribution in [0.25, 0.3) is 0 Å². The van der Waals surface area contributed by atoms with Gasteiger partial charge in [-0.2, -0.15) is 0 Å². The first-order valence-corrected chi connectivity index (χ1v) is 6.56. The van der Waals surface area contributed by atoms with Crippen molar-refractivity contribution in [3.05, 3.63) is 29.8 Å². The highest BCUT2D eigenvalue weighted by Crippen LogP contribution is 2.27. The molecule has 1 fully saturated rings. The van der Waals surface area contributed by atoms with Crippen LogP contribution in [0.1, 0.15) is 12.0 Å². The molecule has 2 unspecified atom stereocenters. The monoisotopic (exact) mass is 249 g/mol. The van der Waals surface area contributed by atoms with Crippen molar-refractivity contribution < 1.29 is 14.2 Å². The zero-order valence-corrected chi connectivity index (χ0v) is 10.4. The van der Waals surface area contributed by atoms with E-state index < -0.39 is 0 Å². The van der Waals surface area contributed by atoms with Gasteiger partial charge >= 0.3 is 0 Å². The Morgan fingerprint density at radius 1 is 1.17 bits per heavy atom. The van der Waals surface area contributed by atoms with Gasteiger partial charge in [0.15, 0.2) is 0 Å². The van der Waals surface area contributed by atoms with E-state index in [4.69, 9.17) is 14.2 Å². The molecular weight excluding hydrogens is 230 g/mol. The molecule has 0 amide bonds. The number of hydrogen-bond donors (Lipinski definition) is 1. The lowest BCUT2D eigenvalue weighted by Crippen LogP contribution is -2.38. The number of hydrogen-bond acceptors (Lipinski definition) is 4. The largest absolute Gasteiger partial charge is 0.488 e. The average molecular weight is 249 g/mol. The average Bonchev–Trinajstić information content (AvgIpc) is 2.82. The Morgan fingerprint density at radius 2 is 2.06 bits per heavy atom. The summed E-state index contributed by atoms with van der Waals surface area (Å²) >= 11 is 0. The Bertz CT molecular complexity index is 365. The summed E-state index contributed by atoms with van der Waals surface area (Å²) in [6, 6.07) is 8.26. The number of fused-ring (bicyclic) bond motifs is 1. The predicted octanol–water partition coefficient (Wildman–Crippen LogP) is 1.34. The summed E-state index contributed by atoms with van der Waals surface area (Å²) in [5.41, 5.74) is 1.31. The Hall–Kier alpha value is -1.10. The second-order valence-corrected chi connectivity index (χ2v) is 4.81. The summed E-state index contributed by atoms with van der Waals surface area (Å²) in [6.45, 7) is 2.98. The van der Waals surface area contributed by atoms with Gasteiger partial charge in [-0.3, -0.25) is 0 Å². The van der Waals surface area contributed by atoms with E-state index in [1.807, 2.05) is 12.1 Å². The van der Waals surface area contributed by atoms with E-state index in [2.05, 4.69) is 17.4 Å². The van der Waals surface area contributed by atoms with E-state index in [9.17, 15) is 0 Å². The lowest BCUT2D eigenvalue weighted by molar-refractivity contribution is -0.137. The quantitative estimate of drug-likeness (QED) is 0.874. The van der Waals surface area contributed by atoms with Crippen LogP contribution in [0.5, 0.6) is 5.75 Å². The minimum Gasteiger partial charge on any atom is -0.488 e. The second kappa shape index (κ2) is 5.69. The van der Waals surface area contributed by atoms with Crippen LogP contribution in [-0.4, -0.2) is 38.7 Å². The van der Waals surface area contributed by atoms with Crippen molar-refractivity contribution in [1.29, 1.82) is 0 Å². The Labute approximate surface area is 107 Å². The van der Waals surface area contributed by atoms with Crippen LogP contribution in [-0.2, 0) is 15.9 Å². The van der Waals surface area contributed by atoms with Crippen LogP contribution in [0.15, 0.2) is 24.3 Å². The van der Waals surface area contributed by atoms with Gasteiger partial charge in [0, 0.05) is 19.5 Å². The van der Waals surface area contributed by atoms with Gasteiger partial charge in [-0.25, -0.2) is 0 Å². The van der Waals surface area contributed by atoms with Gasteiger partial charge in [0.25, 0.3) is 0 Å². The summed E-state index contributed by atoms with van der Waals surface area (Å²) in [6.07, 6.45) is 2.50. The summed E-state index contributed by atoms with van der Waals surface area (Å²) in [5, 5.41) is 3.43. The maximum atomic E-state index is 5.87. The van der Waals surface area contributed by atoms with Crippen LogP contribution < -0.4 is 10.1 Å². The summed E-state index contributed by atoms with van der Waals surface area (Å²) in [4.78, 5) is 0. The first kappa shape index (κ1) is 12.0. The molecule has 1 aromatic rings. The van der Waals surface area contributed by atoms with Crippen LogP contribution in [0.4, 0.5) is 0 Å². The van der Waals surface area contributed by atoms with Crippen molar-refractivity contribution in [3.8, 4) is 5.75 Å². The maximum Gasteiger partial charge on any atom is 0.147 e. The summed E-state index contributed by atoms with van der Waals surface area (Å²) in [5.74, 6) is 1.03. The molecule has 4 heteroatoms. The lowest BCUT2D eigenvalue weighted by atomic mass is 10.1. The van der Waals surface area contributed by atoms with E-state index >= 15 is 0 Å². The van der Waals surface area contributed by atoms with E-state index in [-0.39, 0.29) is 12.2 Å². The van der Waals surface area contributed by atoms with Gasteiger partial charge in [0.2, 0.25) is 0 Å². The minimum atomic E-state index is 0.252. The van der Waals surface area contributed by atoms with Crippen molar-refractivity contribution >= 4 is 0 Å². The van der Waals surface area contributed by atoms with Crippen molar-refractivity contribution in [2.45, 2.75) is 25.0 Å². The van der Waals surface area contributed by atoms with Gasteiger partial charge in [-0.15, -0.1) is 0 Å². The fourth-order valence-corrected chi connectivity index (χ4v) is 2.44. The van der Waals surface area contributed by atoms with Crippen LogP contribution in [0.3, 0.4) is 0 Å². The Balaban J connectivity index is 1.40. The molecule has 2 aliphatic heterocycles. The third-order valence-electron chi connectivity index (χ3n) is 3.43. The molecule has 0 aromatic heterocycles. The van der Waals surface area contributed by atoms with E-state index in [1.54, 1.807) is 0 Å². The standard InChI is InChI=1S/C14H19NO3/c1-2-4-14-11(3-1)7-13(18-14)9-15-8-12-5-6-16-10-17-12/h1-4,12-13,15H,5-10H2.